The van der Waals surface area contributed by atoms with Crippen LogP contribution in [0.15, 0.2) is 53.4 Å². The van der Waals surface area contributed by atoms with Crippen molar-refractivity contribution in [3.05, 3.63) is 59.9 Å². The molecule has 0 bridgehead atoms. The largest absolute Gasteiger partial charge is 0.497 e. The molecule has 1 aliphatic heterocycles. The molecule has 4 nitrogen and oxygen atoms in total. The molecule has 1 heterocycles. The van der Waals surface area contributed by atoms with E-state index in [1.165, 1.54) is 36.7 Å². The van der Waals surface area contributed by atoms with Gasteiger partial charge in [-0.15, -0.1) is 11.8 Å². The van der Waals surface area contributed by atoms with Gasteiger partial charge < -0.3 is 10.1 Å². The fourth-order valence-electron chi connectivity index (χ4n) is 3.30. The molecule has 0 aromatic heterocycles. The maximum atomic E-state index is 13.0. The summed E-state index contributed by atoms with van der Waals surface area (Å²) in [5, 5.41) is 3.06. The summed E-state index contributed by atoms with van der Waals surface area (Å²) in [5.41, 5.74) is 1.16. The normalized spacial score (nSPS) is 15.5. The van der Waals surface area contributed by atoms with Gasteiger partial charge >= 0.3 is 0 Å². The van der Waals surface area contributed by atoms with E-state index in [2.05, 4.69) is 16.3 Å². The first kappa shape index (κ1) is 19.7. The molecular weight excluding hydrogens is 363 g/mol. The number of nitrogens with one attached hydrogen (secondary N) is 1. The first-order valence-electron chi connectivity index (χ1n) is 9.19. The van der Waals surface area contributed by atoms with Gasteiger partial charge in [0.15, 0.2) is 0 Å². The maximum Gasteiger partial charge on any atom is 0.230 e. The summed E-state index contributed by atoms with van der Waals surface area (Å²) in [6.45, 7) is 2.65. The zero-order valence-corrected chi connectivity index (χ0v) is 16.3. The Kier molecular flexibility index (Phi) is 7.12. The van der Waals surface area contributed by atoms with Crippen molar-refractivity contribution in [3.8, 4) is 5.75 Å². The van der Waals surface area contributed by atoms with E-state index in [0.717, 1.165) is 29.3 Å². The van der Waals surface area contributed by atoms with E-state index in [-0.39, 0.29) is 17.8 Å². The number of halogens is 1. The van der Waals surface area contributed by atoms with E-state index in [0.29, 0.717) is 12.3 Å². The summed E-state index contributed by atoms with van der Waals surface area (Å²) in [6.07, 6.45) is 2.38. The highest BCUT2D eigenvalue weighted by Gasteiger charge is 2.24. The highest BCUT2D eigenvalue weighted by molar-refractivity contribution is 8.00. The molecule has 1 aliphatic rings. The Morgan fingerprint density at radius 2 is 1.96 bits per heavy atom. The predicted molar refractivity (Wildman–Crippen MR) is 107 cm³/mol. The first-order chi connectivity index (χ1) is 13.2. The van der Waals surface area contributed by atoms with Crippen LogP contribution in [0.2, 0.25) is 0 Å². The molecule has 1 unspecified atom stereocenters. The van der Waals surface area contributed by atoms with Crippen molar-refractivity contribution in [2.75, 3.05) is 32.5 Å². The minimum Gasteiger partial charge on any atom is -0.497 e. The van der Waals surface area contributed by atoms with E-state index < -0.39 is 0 Å². The van der Waals surface area contributed by atoms with Crippen LogP contribution in [0.4, 0.5) is 4.39 Å². The van der Waals surface area contributed by atoms with Crippen LogP contribution in [0.3, 0.4) is 0 Å². The van der Waals surface area contributed by atoms with Crippen LogP contribution in [-0.4, -0.2) is 43.3 Å². The molecule has 1 saturated heterocycles. The lowest BCUT2D eigenvalue weighted by Crippen LogP contribution is -2.37. The molecule has 6 heteroatoms. The highest BCUT2D eigenvalue weighted by atomic mass is 32.2. The van der Waals surface area contributed by atoms with Gasteiger partial charge in [0.25, 0.3) is 0 Å². The lowest BCUT2D eigenvalue weighted by atomic mass is 10.0. The van der Waals surface area contributed by atoms with Gasteiger partial charge in [-0.1, -0.05) is 12.1 Å². The summed E-state index contributed by atoms with van der Waals surface area (Å²) in [7, 11) is 1.67. The van der Waals surface area contributed by atoms with Crippen LogP contribution in [-0.2, 0) is 4.79 Å². The molecule has 3 rings (SSSR count). The molecule has 0 saturated carbocycles. The quantitative estimate of drug-likeness (QED) is 0.697. The van der Waals surface area contributed by atoms with Crippen molar-refractivity contribution in [1.82, 2.24) is 10.2 Å². The molecule has 1 atom stereocenters. The van der Waals surface area contributed by atoms with Crippen molar-refractivity contribution in [2.45, 2.75) is 23.8 Å². The average Bonchev–Trinajstić information content (AvgIpc) is 3.22. The van der Waals surface area contributed by atoms with Gasteiger partial charge in [-0.05, 0) is 67.9 Å². The molecule has 0 spiro atoms. The monoisotopic (exact) mass is 388 g/mol. The van der Waals surface area contributed by atoms with Crippen LogP contribution >= 0.6 is 11.8 Å². The van der Waals surface area contributed by atoms with Gasteiger partial charge in [-0.3, -0.25) is 9.69 Å². The van der Waals surface area contributed by atoms with Crippen LogP contribution in [0.25, 0.3) is 0 Å². The lowest BCUT2D eigenvalue weighted by molar-refractivity contribution is -0.118. The molecule has 0 aliphatic carbocycles. The Labute approximate surface area is 164 Å². The Balaban J connectivity index is 1.58. The second kappa shape index (κ2) is 9.76. The number of thioether (sulfide) groups is 1. The second-order valence-corrected chi connectivity index (χ2v) is 7.63. The molecule has 1 N–H and O–H groups in total. The number of carbonyl (C=O) groups excluding carboxylic acids is 1. The maximum absolute atomic E-state index is 13.0. The molecular formula is C21H25FN2O2S. The fourth-order valence-corrected chi connectivity index (χ4v) is 4.03. The topological polar surface area (TPSA) is 41.6 Å². The highest BCUT2D eigenvalue weighted by Crippen LogP contribution is 2.27. The van der Waals surface area contributed by atoms with E-state index >= 15 is 0 Å². The van der Waals surface area contributed by atoms with E-state index in [1.54, 1.807) is 19.2 Å². The number of amides is 1. The number of methoxy groups -OCH3 is 1. The smallest absolute Gasteiger partial charge is 0.230 e. The molecule has 1 amide bonds. The van der Waals surface area contributed by atoms with Crippen molar-refractivity contribution in [2.24, 2.45) is 0 Å². The number of hydrogen-bond acceptors (Lipinski definition) is 4. The Morgan fingerprint density at radius 1 is 1.22 bits per heavy atom. The van der Waals surface area contributed by atoms with Crippen molar-refractivity contribution >= 4 is 17.7 Å². The molecule has 0 radical (unpaired) electrons. The van der Waals surface area contributed by atoms with Gasteiger partial charge in [0.1, 0.15) is 11.6 Å². The van der Waals surface area contributed by atoms with Gasteiger partial charge in [-0.2, -0.15) is 0 Å². The van der Waals surface area contributed by atoms with Crippen molar-refractivity contribution < 1.29 is 13.9 Å². The summed E-state index contributed by atoms with van der Waals surface area (Å²) >= 11 is 1.41. The number of ether oxygens (including phenoxy) is 1. The molecule has 2 aromatic carbocycles. The zero-order chi connectivity index (χ0) is 19.1. The number of rotatable bonds is 8. The van der Waals surface area contributed by atoms with Crippen molar-refractivity contribution in [3.63, 3.8) is 0 Å². The third-order valence-corrected chi connectivity index (χ3v) is 5.75. The molecule has 27 heavy (non-hydrogen) atoms. The lowest BCUT2D eigenvalue weighted by Gasteiger charge is -2.28. The molecule has 1 fully saturated rings. The summed E-state index contributed by atoms with van der Waals surface area (Å²) < 4.78 is 18.3. The Bertz CT molecular complexity index is 748. The van der Waals surface area contributed by atoms with E-state index in [4.69, 9.17) is 4.74 Å². The fraction of sp³-hybridized carbons (Fsp3) is 0.381. The molecule has 144 valence electrons. The van der Waals surface area contributed by atoms with Gasteiger partial charge in [-0.25, -0.2) is 4.39 Å². The standard InChI is InChI=1S/C21H25FN2O2S/c1-26-18-6-4-5-16(13-18)20(24-11-2-3-12-24)14-23-21(25)15-27-19-9-7-17(22)8-10-19/h4-10,13,20H,2-3,11-12,14-15H2,1H3,(H,23,25). The van der Waals surface area contributed by atoms with E-state index in [9.17, 15) is 9.18 Å². The predicted octanol–water partition coefficient (Wildman–Crippen LogP) is 3.88. The summed E-state index contributed by atoms with van der Waals surface area (Å²) in [5.74, 6) is 0.859. The minimum absolute atomic E-state index is 0.0172. The second-order valence-electron chi connectivity index (χ2n) is 6.58. The number of nitrogens with zero attached hydrogens (tertiary/aromatic N) is 1. The number of carbonyl (C=O) groups is 1. The molecule has 2 aromatic rings. The van der Waals surface area contributed by atoms with Crippen LogP contribution in [0, 0.1) is 5.82 Å². The summed E-state index contributed by atoms with van der Waals surface area (Å²) in [4.78, 5) is 15.6. The third kappa shape index (κ3) is 5.71. The number of benzene rings is 2. The Hall–Kier alpha value is -2.05. The summed E-state index contributed by atoms with van der Waals surface area (Å²) in [6, 6.07) is 14.4. The van der Waals surface area contributed by atoms with Crippen molar-refractivity contribution in [1.29, 1.82) is 0 Å². The zero-order valence-electron chi connectivity index (χ0n) is 15.5. The third-order valence-electron chi connectivity index (χ3n) is 4.74. The first-order valence-corrected chi connectivity index (χ1v) is 10.2. The van der Waals surface area contributed by atoms with Crippen LogP contribution < -0.4 is 10.1 Å². The average molecular weight is 389 g/mol. The number of likely N-dealkylation sites (tertiary alicyclic amines) is 1. The number of hydrogen-bond donors (Lipinski definition) is 1. The van der Waals surface area contributed by atoms with Crippen LogP contribution in [0.1, 0.15) is 24.4 Å². The van der Waals surface area contributed by atoms with E-state index in [1.807, 2.05) is 18.2 Å². The SMILES string of the molecule is COc1cccc(C(CNC(=O)CSc2ccc(F)cc2)N2CCCC2)c1. The van der Waals surface area contributed by atoms with Crippen LogP contribution in [0.5, 0.6) is 5.75 Å². The Morgan fingerprint density at radius 3 is 2.67 bits per heavy atom. The van der Waals surface area contributed by atoms with Gasteiger partial charge in [0, 0.05) is 11.4 Å². The van der Waals surface area contributed by atoms with Gasteiger partial charge in [0.2, 0.25) is 5.91 Å². The van der Waals surface area contributed by atoms with Gasteiger partial charge in [0.05, 0.1) is 18.9 Å². The minimum atomic E-state index is -0.268.